The number of anilines is 1. The summed E-state index contributed by atoms with van der Waals surface area (Å²) in [4.78, 5) is 25.9. The topological polar surface area (TPSA) is 83.1 Å². The molecule has 31 heavy (non-hydrogen) atoms. The number of hydrogen-bond donors (Lipinski definition) is 1. The molecule has 1 aliphatic heterocycles. The van der Waals surface area contributed by atoms with E-state index in [0.29, 0.717) is 44.1 Å². The average molecular weight is 427 g/mol. The van der Waals surface area contributed by atoms with Gasteiger partial charge in [-0.1, -0.05) is 12.1 Å². The molecule has 0 radical (unpaired) electrons. The SMILES string of the molecule is CCOC(=O)c1cc(NC(=O)C2(c3ccc(OC)cc3)CCOCC2)ccc1OCC. The number of amides is 1. The van der Waals surface area contributed by atoms with Gasteiger partial charge in [-0.25, -0.2) is 4.79 Å². The number of methoxy groups -OCH3 is 1. The van der Waals surface area contributed by atoms with Crippen molar-refractivity contribution in [1.29, 1.82) is 0 Å². The lowest BCUT2D eigenvalue weighted by atomic mass is 9.73. The molecule has 1 saturated heterocycles. The van der Waals surface area contributed by atoms with Crippen molar-refractivity contribution in [1.82, 2.24) is 0 Å². The number of nitrogens with one attached hydrogen (secondary N) is 1. The van der Waals surface area contributed by atoms with Crippen LogP contribution in [0, 0.1) is 0 Å². The van der Waals surface area contributed by atoms with Gasteiger partial charge in [0.2, 0.25) is 5.91 Å². The minimum absolute atomic E-state index is 0.139. The van der Waals surface area contributed by atoms with Gasteiger partial charge in [-0.2, -0.15) is 0 Å². The molecule has 1 fully saturated rings. The van der Waals surface area contributed by atoms with Crippen LogP contribution in [0.25, 0.3) is 0 Å². The number of esters is 1. The van der Waals surface area contributed by atoms with Crippen LogP contribution in [-0.4, -0.2) is 45.4 Å². The first kappa shape index (κ1) is 22.6. The molecular formula is C24H29NO6. The van der Waals surface area contributed by atoms with E-state index in [1.54, 1.807) is 32.2 Å². The third-order valence-electron chi connectivity index (χ3n) is 5.46. The molecule has 1 heterocycles. The molecule has 0 atom stereocenters. The smallest absolute Gasteiger partial charge is 0.341 e. The van der Waals surface area contributed by atoms with Gasteiger partial charge < -0.3 is 24.3 Å². The Labute approximate surface area is 182 Å². The molecule has 1 N–H and O–H groups in total. The van der Waals surface area contributed by atoms with Crippen molar-refractivity contribution in [2.24, 2.45) is 0 Å². The average Bonchev–Trinajstić information content (AvgIpc) is 2.80. The number of rotatable bonds is 8. The van der Waals surface area contributed by atoms with Gasteiger partial charge in [-0.05, 0) is 62.6 Å². The molecule has 166 valence electrons. The maximum atomic E-state index is 13.5. The molecule has 3 rings (SSSR count). The van der Waals surface area contributed by atoms with Crippen LogP contribution in [0.1, 0.15) is 42.6 Å². The Morgan fingerprint density at radius 1 is 1.03 bits per heavy atom. The van der Waals surface area contributed by atoms with Crippen LogP contribution in [-0.2, 0) is 19.7 Å². The second kappa shape index (κ2) is 10.3. The molecular weight excluding hydrogens is 398 g/mol. The Bertz CT molecular complexity index is 903. The number of hydrogen-bond acceptors (Lipinski definition) is 6. The van der Waals surface area contributed by atoms with Crippen molar-refractivity contribution in [3.05, 3.63) is 53.6 Å². The number of carbonyl (C=O) groups excluding carboxylic acids is 2. The summed E-state index contributed by atoms with van der Waals surface area (Å²) >= 11 is 0. The summed E-state index contributed by atoms with van der Waals surface area (Å²) in [7, 11) is 1.61. The Hall–Kier alpha value is -3.06. The summed E-state index contributed by atoms with van der Waals surface area (Å²) in [6, 6.07) is 12.6. The Morgan fingerprint density at radius 2 is 1.74 bits per heavy atom. The normalized spacial score (nSPS) is 15.1. The Morgan fingerprint density at radius 3 is 2.35 bits per heavy atom. The highest BCUT2D eigenvalue weighted by molar-refractivity contribution is 6.01. The van der Waals surface area contributed by atoms with Gasteiger partial charge in [0.05, 0.1) is 25.7 Å². The second-order valence-corrected chi connectivity index (χ2v) is 7.24. The van der Waals surface area contributed by atoms with Crippen LogP contribution in [0.4, 0.5) is 5.69 Å². The van der Waals surface area contributed by atoms with Crippen molar-refractivity contribution < 1.29 is 28.5 Å². The van der Waals surface area contributed by atoms with Crippen LogP contribution < -0.4 is 14.8 Å². The zero-order chi connectivity index (χ0) is 22.3. The highest BCUT2D eigenvalue weighted by Gasteiger charge is 2.41. The van der Waals surface area contributed by atoms with Crippen molar-refractivity contribution in [2.75, 3.05) is 38.9 Å². The monoisotopic (exact) mass is 427 g/mol. The van der Waals surface area contributed by atoms with Crippen LogP contribution in [0.3, 0.4) is 0 Å². The van der Waals surface area contributed by atoms with Gasteiger partial charge in [0.1, 0.15) is 17.1 Å². The van der Waals surface area contributed by atoms with E-state index in [9.17, 15) is 9.59 Å². The van der Waals surface area contributed by atoms with Gasteiger partial charge in [0.15, 0.2) is 0 Å². The molecule has 0 aromatic heterocycles. The molecule has 0 bridgehead atoms. The largest absolute Gasteiger partial charge is 0.497 e. The lowest BCUT2D eigenvalue weighted by molar-refractivity contribution is -0.125. The van der Waals surface area contributed by atoms with Gasteiger partial charge in [0.25, 0.3) is 0 Å². The van der Waals surface area contributed by atoms with E-state index in [4.69, 9.17) is 18.9 Å². The fourth-order valence-corrected chi connectivity index (χ4v) is 3.78. The number of carbonyl (C=O) groups is 2. The molecule has 1 aliphatic rings. The lowest BCUT2D eigenvalue weighted by Gasteiger charge is -2.36. The van der Waals surface area contributed by atoms with Crippen LogP contribution in [0.2, 0.25) is 0 Å². The summed E-state index contributed by atoms with van der Waals surface area (Å²) in [5, 5.41) is 3.00. The standard InChI is InChI=1S/C24H29NO6/c1-4-30-21-11-8-18(16-20(21)22(26)31-5-2)25-23(27)24(12-14-29-15-13-24)17-6-9-19(28-3)10-7-17/h6-11,16H,4-5,12-15H2,1-3H3,(H,25,27). The molecule has 0 saturated carbocycles. The molecule has 0 aliphatic carbocycles. The minimum Gasteiger partial charge on any atom is -0.497 e. The van der Waals surface area contributed by atoms with Gasteiger partial charge in [-0.15, -0.1) is 0 Å². The van der Waals surface area contributed by atoms with Crippen molar-refractivity contribution in [2.45, 2.75) is 32.1 Å². The van der Waals surface area contributed by atoms with E-state index in [1.807, 2.05) is 31.2 Å². The van der Waals surface area contributed by atoms with E-state index >= 15 is 0 Å². The summed E-state index contributed by atoms with van der Waals surface area (Å²) in [6.07, 6.45) is 1.12. The van der Waals surface area contributed by atoms with E-state index in [-0.39, 0.29) is 18.1 Å². The predicted octanol–water partition coefficient (Wildman–Crippen LogP) is 3.96. The van der Waals surface area contributed by atoms with Crippen LogP contribution in [0.5, 0.6) is 11.5 Å². The van der Waals surface area contributed by atoms with Crippen LogP contribution >= 0.6 is 0 Å². The fraction of sp³-hybridized carbons (Fsp3) is 0.417. The first-order valence-corrected chi connectivity index (χ1v) is 10.5. The van der Waals surface area contributed by atoms with E-state index in [2.05, 4.69) is 5.32 Å². The summed E-state index contributed by atoms with van der Waals surface area (Å²) in [5.74, 6) is 0.532. The van der Waals surface area contributed by atoms with Crippen molar-refractivity contribution in [3.63, 3.8) is 0 Å². The fourth-order valence-electron chi connectivity index (χ4n) is 3.78. The molecule has 0 spiro atoms. The third-order valence-corrected chi connectivity index (χ3v) is 5.46. The third kappa shape index (κ3) is 4.99. The quantitative estimate of drug-likeness (QED) is 0.642. The Balaban J connectivity index is 1.91. The minimum atomic E-state index is -0.729. The number of ether oxygens (including phenoxy) is 4. The molecule has 7 nitrogen and oxygen atoms in total. The summed E-state index contributed by atoms with van der Waals surface area (Å²) in [6.45, 7) is 5.25. The number of benzene rings is 2. The highest BCUT2D eigenvalue weighted by atomic mass is 16.5. The van der Waals surface area contributed by atoms with E-state index in [1.165, 1.54) is 0 Å². The maximum Gasteiger partial charge on any atom is 0.341 e. The highest BCUT2D eigenvalue weighted by Crippen LogP contribution is 2.37. The Kier molecular flexibility index (Phi) is 7.52. The second-order valence-electron chi connectivity index (χ2n) is 7.24. The van der Waals surface area contributed by atoms with Crippen molar-refractivity contribution in [3.8, 4) is 11.5 Å². The predicted molar refractivity (Wildman–Crippen MR) is 117 cm³/mol. The van der Waals surface area contributed by atoms with Gasteiger partial charge in [-0.3, -0.25) is 4.79 Å². The van der Waals surface area contributed by atoms with Crippen LogP contribution in [0.15, 0.2) is 42.5 Å². The molecule has 2 aromatic rings. The molecule has 1 amide bonds. The molecule has 7 heteroatoms. The first-order valence-electron chi connectivity index (χ1n) is 10.5. The lowest BCUT2D eigenvalue weighted by Crippen LogP contribution is -2.44. The van der Waals surface area contributed by atoms with Gasteiger partial charge >= 0.3 is 5.97 Å². The first-order chi connectivity index (χ1) is 15.0. The summed E-state index contributed by atoms with van der Waals surface area (Å²) in [5.41, 5.74) is 0.973. The van der Waals surface area contributed by atoms with Gasteiger partial charge in [0, 0.05) is 18.9 Å². The molecule has 2 aromatic carbocycles. The van der Waals surface area contributed by atoms with E-state index in [0.717, 1.165) is 11.3 Å². The summed E-state index contributed by atoms with van der Waals surface area (Å²) < 4.78 is 21.5. The van der Waals surface area contributed by atoms with Crippen molar-refractivity contribution >= 4 is 17.6 Å². The molecule has 0 unspecified atom stereocenters. The van der Waals surface area contributed by atoms with E-state index < -0.39 is 11.4 Å². The zero-order valence-corrected chi connectivity index (χ0v) is 18.2. The zero-order valence-electron chi connectivity index (χ0n) is 18.2. The maximum absolute atomic E-state index is 13.5.